The summed E-state index contributed by atoms with van der Waals surface area (Å²) in [5.74, 6) is -1.16. The van der Waals surface area contributed by atoms with Crippen LogP contribution >= 0.6 is 0 Å². The summed E-state index contributed by atoms with van der Waals surface area (Å²) >= 11 is 0. The first-order chi connectivity index (χ1) is 17.6. The Morgan fingerprint density at radius 1 is 0.943 bits per heavy atom. The maximum Gasteiger partial charge on any atom is 0.227 e. The number of furan rings is 1. The fourth-order valence-corrected chi connectivity index (χ4v) is 6.12. The summed E-state index contributed by atoms with van der Waals surface area (Å²) in [5, 5.41) is 2.06. The van der Waals surface area contributed by atoms with Crippen molar-refractivity contribution in [3.8, 4) is 11.3 Å². The Morgan fingerprint density at radius 3 is 2.46 bits per heavy atom. The van der Waals surface area contributed by atoms with Crippen LogP contribution in [0.15, 0.2) is 47.0 Å². The summed E-state index contributed by atoms with van der Waals surface area (Å²) in [6.45, 7) is 6.78. The molecule has 0 N–H and O–H groups in total. The van der Waals surface area contributed by atoms with Gasteiger partial charge in [-0.1, -0.05) is 45.2 Å². The monoisotopic (exact) mass is 469 g/mol. The molecule has 2 aliphatic carbocycles. The predicted octanol–water partition coefficient (Wildman–Crippen LogP) is 8.51. The highest BCUT2D eigenvalue weighted by molar-refractivity contribution is 6.08. The fraction of sp³-hybridized carbons (Fsp3) is 0.500. The minimum absolute atomic E-state index is 0.324. The Morgan fingerprint density at radius 2 is 1.69 bits per heavy atom. The number of benzene rings is 1. The molecule has 1 aromatic carbocycles. The van der Waals surface area contributed by atoms with Crippen molar-refractivity contribution in [1.29, 1.82) is 0 Å². The molecule has 4 aromatic rings. The van der Waals surface area contributed by atoms with Gasteiger partial charge in [-0.05, 0) is 80.0 Å². The minimum atomic E-state index is -0.609. The molecule has 0 atom stereocenters. The summed E-state index contributed by atoms with van der Waals surface area (Å²) in [6, 6.07) is 12.8. The number of pyridine rings is 2. The zero-order valence-corrected chi connectivity index (χ0v) is 21.7. The third-order valence-corrected chi connectivity index (χ3v) is 8.56. The van der Waals surface area contributed by atoms with E-state index in [9.17, 15) is 1.37 Å². The third-order valence-electron chi connectivity index (χ3n) is 8.56. The minimum Gasteiger partial charge on any atom is -0.437 e. The number of hydrogen-bond acceptors (Lipinski definition) is 2. The predicted molar refractivity (Wildman–Crippen MR) is 144 cm³/mol. The molecule has 182 valence electrons. The molecule has 2 saturated carbocycles. The standard InChI is InChI=1S/C32H39N2O/c1-21-10-11-25-26-12-13-27(23-8-6-5-7-9-23)33-31(26)35-30(25)29(21)28-20-24(16-19-34(28)4)22-14-17-32(2,3)18-15-22/h10-13,16,19-20,22-23H,5-9,14-15,17-18H2,1-4H3/q+1/i22D,23D. The van der Waals surface area contributed by atoms with E-state index in [0.29, 0.717) is 11.1 Å². The molecular weight excluding hydrogens is 428 g/mol. The van der Waals surface area contributed by atoms with Crippen LogP contribution in [0.5, 0.6) is 0 Å². The molecule has 3 heterocycles. The van der Waals surface area contributed by atoms with E-state index < -0.39 is 11.8 Å². The first kappa shape index (κ1) is 20.5. The van der Waals surface area contributed by atoms with Gasteiger partial charge in [-0.25, -0.2) is 9.55 Å². The molecule has 3 heteroatoms. The van der Waals surface area contributed by atoms with E-state index in [4.69, 9.17) is 10.8 Å². The normalized spacial score (nSPS) is 22.2. The molecule has 0 radical (unpaired) electrons. The molecule has 2 fully saturated rings. The van der Waals surface area contributed by atoms with Crippen LogP contribution in [0, 0.1) is 12.3 Å². The summed E-state index contributed by atoms with van der Waals surface area (Å²) in [6.07, 6.45) is 11.2. The van der Waals surface area contributed by atoms with Gasteiger partial charge in [0.15, 0.2) is 11.8 Å². The second-order valence-corrected chi connectivity index (χ2v) is 11.6. The summed E-state index contributed by atoms with van der Waals surface area (Å²) in [7, 11) is 2.07. The van der Waals surface area contributed by atoms with E-state index in [-0.39, 0.29) is 0 Å². The lowest BCUT2D eigenvalue weighted by atomic mass is 9.71. The number of aryl methyl sites for hydroxylation is 2. The van der Waals surface area contributed by atoms with Crippen molar-refractivity contribution in [2.45, 2.75) is 90.3 Å². The van der Waals surface area contributed by atoms with Crippen LogP contribution in [0.25, 0.3) is 33.3 Å². The average molecular weight is 470 g/mol. The van der Waals surface area contributed by atoms with Crippen molar-refractivity contribution in [2.24, 2.45) is 12.5 Å². The van der Waals surface area contributed by atoms with Crippen LogP contribution in [0.2, 0.25) is 0 Å². The smallest absolute Gasteiger partial charge is 0.227 e. The molecule has 3 aromatic heterocycles. The molecule has 0 amide bonds. The summed E-state index contributed by atoms with van der Waals surface area (Å²) in [5.41, 5.74) is 7.01. The van der Waals surface area contributed by atoms with Gasteiger partial charge in [0, 0.05) is 37.2 Å². The number of aromatic nitrogens is 2. The Balaban J connectivity index is 1.48. The van der Waals surface area contributed by atoms with E-state index >= 15 is 0 Å². The van der Waals surface area contributed by atoms with Crippen LogP contribution in [0.4, 0.5) is 0 Å². The van der Waals surface area contributed by atoms with Gasteiger partial charge in [-0.15, -0.1) is 0 Å². The first-order valence-electron chi connectivity index (χ1n) is 14.4. The molecule has 0 unspecified atom stereocenters. The number of rotatable bonds is 3. The van der Waals surface area contributed by atoms with Gasteiger partial charge in [0.05, 0.1) is 5.56 Å². The van der Waals surface area contributed by atoms with Crippen molar-refractivity contribution in [3.05, 3.63) is 59.4 Å². The summed E-state index contributed by atoms with van der Waals surface area (Å²) < 4.78 is 27.1. The van der Waals surface area contributed by atoms with Crippen LogP contribution in [-0.2, 0) is 7.05 Å². The van der Waals surface area contributed by atoms with E-state index in [1.165, 1.54) is 6.42 Å². The maximum absolute atomic E-state index is 9.35. The van der Waals surface area contributed by atoms with Gasteiger partial charge in [-0.2, -0.15) is 0 Å². The van der Waals surface area contributed by atoms with Gasteiger partial charge in [-0.3, -0.25) is 0 Å². The molecule has 0 bridgehead atoms. The highest BCUT2D eigenvalue weighted by Gasteiger charge is 2.29. The van der Waals surface area contributed by atoms with Crippen LogP contribution in [0.3, 0.4) is 0 Å². The SMILES string of the molecule is [2H]C1(c2cc[n+](C)c(-c3c(C)ccc4c3oc3nc(C5([2H])CCCCC5)ccc34)c2)CCC(C)(C)CC1. The van der Waals surface area contributed by atoms with Gasteiger partial charge >= 0.3 is 0 Å². The molecule has 6 rings (SSSR count). The van der Waals surface area contributed by atoms with Crippen LogP contribution in [0.1, 0.15) is 103 Å². The average Bonchev–Trinajstić information content (AvgIpc) is 3.25. The summed E-state index contributed by atoms with van der Waals surface area (Å²) in [4.78, 5) is 4.92. The van der Waals surface area contributed by atoms with Gasteiger partial charge in [0.2, 0.25) is 11.4 Å². The number of hydrogen-bond donors (Lipinski definition) is 0. The Labute approximate surface area is 212 Å². The van der Waals surface area contributed by atoms with E-state index in [0.717, 1.165) is 95.8 Å². The molecule has 0 saturated heterocycles. The van der Waals surface area contributed by atoms with Crippen LogP contribution in [-0.4, -0.2) is 4.98 Å². The number of fused-ring (bicyclic) bond motifs is 3. The second kappa shape index (κ2) is 8.76. The zero-order chi connectivity index (χ0) is 26.0. The second-order valence-electron chi connectivity index (χ2n) is 11.6. The van der Waals surface area contributed by atoms with Crippen molar-refractivity contribution in [1.82, 2.24) is 4.98 Å². The van der Waals surface area contributed by atoms with Crippen molar-refractivity contribution in [2.75, 3.05) is 0 Å². The van der Waals surface area contributed by atoms with E-state index in [2.05, 4.69) is 68.9 Å². The molecule has 35 heavy (non-hydrogen) atoms. The third kappa shape index (κ3) is 4.17. The lowest BCUT2D eigenvalue weighted by Gasteiger charge is -2.34. The lowest BCUT2D eigenvalue weighted by molar-refractivity contribution is -0.660. The molecular formula is C32H39N2O+. The highest BCUT2D eigenvalue weighted by Crippen LogP contribution is 2.43. The molecule has 3 nitrogen and oxygen atoms in total. The van der Waals surface area contributed by atoms with E-state index in [1.807, 2.05) is 6.07 Å². The molecule has 0 aliphatic heterocycles. The molecule has 2 aliphatic rings. The van der Waals surface area contributed by atoms with Crippen LogP contribution < -0.4 is 4.57 Å². The first-order valence-corrected chi connectivity index (χ1v) is 13.4. The zero-order valence-electron chi connectivity index (χ0n) is 23.7. The topological polar surface area (TPSA) is 29.9 Å². The van der Waals surface area contributed by atoms with Crippen molar-refractivity contribution >= 4 is 22.1 Å². The lowest BCUT2D eigenvalue weighted by Crippen LogP contribution is -2.31. The highest BCUT2D eigenvalue weighted by atomic mass is 16.3. The van der Waals surface area contributed by atoms with Gasteiger partial charge in [0.1, 0.15) is 7.05 Å². The van der Waals surface area contributed by atoms with Crippen molar-refractivity contribution < 1.29 is 11.7 Å². The Kier molecular flexibility index (Phi) is 5.13. The Bertz CT molecular complexity index is 1490. The van der Waals surface area contributed by atoms with E-state index in [1.54, 1.807) is 0 Å². The van der Waals surface area contributed by atoms with Gasteiger partial charge in [0.25, 0.3) is 0 Å². The molecule has 0 spiro atoms. The van der Waals surface area contributed by atoms with Gasteiger partial charge < -0.3 is 4.42 Å². The Hall–Kier alpha value is -2.68. The van der Waals surface area contributed by atoms with Crippen molar-refractivity contribution in [3.63, 3.8) is 0 Å². The largest absolute Gasteiger partial charge is 0.437 e. The maximum atomic E-state index is 9.35. The number of nitrogens with zero attached hydrogens (tertiary/aromatic N) is 2. The quantitative estimate of drug-likeness (QED) is 0.281. The fourth-order valence-electron chi connectivity index (χ4n) is 6.12.